The topological polar surface area (TPSA) is 73.5 Å². The number of hydrogen-bond acceptors (Lipinski definition) is 4. The molecular formula is C21H21N5O2. The molecule has 1 N–H and O–H groups in total. The van der Waals surface area contributed by atoms with Crippen molar-refractivity contribution in [3.63, 3.8) is 0 Å². The van der Waals surface area contributed by atoms with Crippen LogP contribution in [0.4, 0.5) is 0 Å². The summed E-state index contributed by atoms with van der Waals surface area (Å²) in [6, 6.07) is 11.3. The molecule has 4 aromatic rings. The number of fused-ring (bicyclic) bond motifs is 1. The van der Waals surface area contributed by atoms with E-state index >= 15 is 0 Å². The lowest BCUT2D eigenvalue weighted by Gasteiger charge is -2.10. The predicted octanol–water partition coefficient (Wildman–Crippen LogP) is 3.33. The molecule has 3 aromatic heterocycles. The van der Waals surface area contributed by atoms with Crippen LogP contribution in [-0.2, 0) is 0 Å². The van der Waals surface area contributed by atoms with Crippen LogP contribution in [0.5, 0.6) is 5.75 Å². The summed E-state index contributed by atoms with van der Waals surface area (Å²) in [5.41, 5.74) is 4.03. The Labute approximate surface area is 162 Å². The number of aromatic nitrogens is 4. The van der Waals surface area contributed by atoms with E-state index in [1.807, 2.05) is 67.0 Å². The van der Waals surface area contributed by atoms with Crippen molar-refractivity contribution in [2.75, 3.05) is 7.11 Å². The molecule has 1 amide bonds. The number of nitrogens with zero attached hydrogens (tertiary/aromatic N) is 4. The van der Waals surface area contributed by atoms with E-state index in [0.717, 1.165) is 28.2 Å². The second-order valence-electron chi connectivity index (χ2n) is 6.71. The van der Waals surface area contributed by atoms with Crippen molar-refractivity contribution >= 4 is 11.6 Å². The van der Waals surface area contributed by atoms with Crippen molar-refractivity contribution in [2.24, 2.45) is 0 Å². The fourth-order valence-electron chi connectivity index (χ4n) is 3.02. The zero-order valence-corrected chi connectivity index (χ0v) is 16.0. The number of pyridine rings is 1. The van der Waals surface area contributed by atoms with Crippen molar-refractivity contribution < 1.29 is 9.53 Å². The van der Waals surface area contributed by atoms with Crippen LogP contribution in [-0.4, -0.2) is 32.2 Å². The van der Waals surface area contributed by atoms with Gasteiger partial charge in [0.05, 0.1) is 25.0 Å². The second kappa shape index (κ2) is 7.19. The van der Waals surface area contributed by atoms with E-state index < -0.39 is 0 Å². The molecule has 0 saturated heterocycles. The molecule has 0 fully saturated rings. The van der Waals surface area contributed by atoms with Gasteiger partial charge in [-0.15, -0.1) is 0 Å². The van der Waals surface area contributed by atoms with Gasteiger partial charge in [0, 0.05) is 30.2 Å². The van der Waals surface area contributed by atoms with E-state index in [1.54, 1.807) is 24.2 Å². The highest BCUT2D eigenvalue weighted by atomic mass is 16.5. The van der Waals surface area contributed by atoms with Crippen LogP contribution in [0.1, 0.15) is 34.6 Å². The highest BCUT2D eigenvalue weighted by molar-refractivity contribution is 5.93. The zero-order valence-electron chi connectivity index (χ0n) is 16.0. The van der Waals surface area contributed by atoms with Gasteiger partial charge in [-0.05, 0) is 37.6 Å². The Balaban J connectivity index is 1.50. The van der Waals surface area contributed by atoms with E-state index in [2.05, 4.69) is 15.4 Å². The number of aryl methyl sites for hydroxylation is 1. The molecule has 0 aliphatic heterocycles. The Morgan fingerprint density at radius 3 is 2.86 bits per heavy atom. The van der Waals surface area contributed by atoms with E-state index in [4.69, 9.17) is 4.74 Å². The summed E-state index contributed by atoms with van der Waals surface area (Å²) in [4.78, 5) is 17.0. The maximum Gasteiger partial charge on any atom is 0.271 e. The number of benzene rings is 1. The largest absolute Gasteiger partial charge is 0.497 e. The van der Waals surface area contributed by atoms with Crippen LogP contribution < -0.4 is 10.1 Å². The Morgan fingerprint density at radius 2 is 2.04 bits per heavy atom. The molecule has 0 aliphatic carbocycles. The van der Waals surface area contributed by atoms with E-state index in [1.165, 1.54) is 0 Å². The van der Waals surface area contributed by atoms with Crippen LogP contribution in [0.15, 0.2) is 61.2 Å². The van der Waals surface area contributed by atoms with Gasteiger partial charge in [-0.3, -0.25) is 4.79 Å². The Kier molecular flexibility index (Phi) is 4.57. The van der Waals surface area contributed by atoms with Crippen molar-refractivity contribution in [3.05, 3.63) is 78.0 Å². The molecule has 142 valence electrons. The SMILES string of the molecule is COc1cccc(-n2cc([C@@H](C)NC(=O)c3cn4cc(C)ccc4n3)cn2)c1. The average Bonchev–Trinajstić information content (AvgIpc) is 3.35. The van der Waals surface area contributed by atoms with Gasteiger partial charge in [0.1, 0.15) is 17.1 Å². The standard InChI is InChI=1S/C21H21N5O2/c1-14-7-8-20-24-19(13-25(20)11-14)21(27)23-15(2)16-10-22-26(12-16)17-5-4-6-18(9-17)28-3/h4-13,15H,1-3H3,(H,23,27)/t15-/m1/s1. The molecule has 0 unspecified atom stereocenters. The molecule has 4 rings (SSSR count). The number of methoxy groups -OCH3 is 1. The molecule has 0 radical (unpaired) electrons. The summed E-state index contributed by atoms with van der Waals surface area (Å²) in [5.74, 6) is 0.543. The minimum atomic E-state index is -0.219. The third-order valence-corrected chi connectivity index (χ3v) is 4.60. The first-order valence-electron chi connectivity index (χ1n) is 8.99. The number of carbonyl (C=O) groups is 1. The van der Waals surface area contributed by atoms with E-state index in [0.29, 0.717) is 5.69 Å². The summed E-state index contributed by atoms with van der Waals surface area (Å²) in [7, 11) is 1.63. The summed E-state index contributed by atoms with van der Waals surface area (Å²) in [6.07, 6.45) is 7.33. The van der Waals surface area contributed by atoms with Crippen LogP contribution in [0.25, 0.3) is 11.3 Å². The van der Waals surface area contributed by atoms with Gasteiger partial charge in [0.15, 0.2) is 0 Å². The number of hydrogen-bond donors (Lipinski definition) is 1. The number of imidazole rings is 1. The van der Waals surface area contributed by atoms with Crippen LogP contribution in [0, 0.1) is 6.92 Å². The van der Waals surface area contributed by atoms with Crippen LogP contribution in [0.3, 0.4) is 0 Å². The van der Waals surface area contributed by atoms with Gasteiger partial charge in [-0.2, -0.15) is 5.10 Å². The Morgan fingerprint density at radius 1 is 1.18 bits per heavy atom. The zero-order chi connectivity index (χ0) is 19.7. The lowest BCUT2D eigenvalue weighted by atomic mass is 10.2. The smallest absolute Gasteiger partial charge is 0.271 e. The number of nitrogens with one attached hydrogen (secondary N) is 1. The van der Waals surface area contributed by atoms with Crippen LogP contribution in [0.2, 0.25) is 0 Å². The first-order valence-corrected chi connectivity index (χ1v) is 8.99. The quantitative estimate of drug-likeness (QED) is 0.581. The summed E-state index contributed by atoms with van der Waals surface area (Å²) in [6.45, 7) is 3.92. The Bertz CT molecular complexity index is 1140. The third-order valence-electron chi connectivity index (χ3n) is 4.60. The van der Waals surface area contributed by atoms with Crippen LogP contribution >= 0.6 is 0 Å². The van der Waals surface area contributed by atoms with Gasteiger partial charge < -0.3 is 14.5 Å². The molecule has 1 atom stereocenters. The fourth-order valence-corrected chi connectivity index (χ4v) is 3.02. The lowest BCUT2D eigenvalue weighted by Crippen LogP contribution is -2.26. The first-order chi connectivity index (χ1) is 13.5. The predicted molar refractivity (Wildman–Crippen MR) is 106 cm³/mol. The maximum absolute atomic E-state index is 12.6. The van der Waals surface area contributed by atoms with Gasteiger partial charge in [0.2, 0.25) is 0 Å². The van der Waals surface area contributed by atoms with E-state index in [-0.39, 0.29) is 11.9 Å². The van der Waals surface area contributed by atoms with Gasteiger partial charge >= 0.3 is 0 Å². The third kappa shape index (κ3) is 3.46. The highest BCUT2D eigenvalue weighted by Crippen LogP contribution is 2.19. The van der Waals surface area contributed by atoms with Gasteiger partial charge in [-0.25, -0.2) is 9.67 Å². The molecule has 0 bridgehead atoms. The minimum absolute atomic E-state index is 0.210. The monoisotopic (exact) mass is 375 g/mol. The maximum atomic E-state index is 12.6. The van der Waals surface area contributed by atoms with Crippen molar-refractivity contribution in [2.45, 2.75) is 19.9 Å². The number of carbonyl (C=O) groups excluding carboxylic acids is 1. The van der Waals surface area contributed by atoms with Crippen molar-refractivity contribution in [3.8, 4) is 11.4 Å². The molecule has 1 aromatic carbocycles. The minimum Gasteiger partial charge on any atom is -0.497 e. The first kappa shape index (κ1) is 17.8. The van der Waals surface area contributed by atoms with E-state index in [9.17, 15) is 4.79 Å². The summed E-state index contributed by atoms with van der Waals surface area (Å²) in [5, 5.41) is 7.38. The Hall–Kier alpha value is -3.61. The van der Waals surface area contributed by atoms with Gasteiger partial charge in [-0.1, -0.05) is 12.1 Å². The molecule has 0 spiro atoms. The molecule has 0 saturated carbocycles. The van der Waals surface area contributed by atoms with Crippen molar-refractivity contribution in [1.82, 2.24) is 24.5 Å². The summed E-state index contributed by atoms with van der Waals surface area (Å²) < 4.78 is 8.87. The van der Waals surface area contributed by atoms with Crippen molar-refractivity contribution in [1.29, 1.82) is 0 Å². The lowest BCUT2D eigenvalue weighted by molar-refractivity contribution is 0.0935. The molecule has 7 nitrogen and oxygen atoms in total. The number of ether oxygens (including phenoxy) is 1. The second-order valence-corrected chi connectivity index (χ2v) is 6.71. The fraction of sp³-hybridized carbons (Fsp3) is 0.190. The average molecular weight is 375 g/mol. The summed E-state index contributed by atoms with van der Waals surface area (Å²) >= 11 is 0. The molecule has 28 heavy (non-hydrogen) atoms. The molecular weight excluding hydrogens is 354 g/mol. The molecule has 7 heteroatoms. The number of rotatable bonds is 5. The highest BCUT2D eigenvalue weighted by Gasteiger charge is 2.16. The molecule has 0 aliphatic rings. The normalized spacial score (nSPS) is 12.1. The number of amides is 1. The molecule has 3 heterocycles. The van der Waals surface area contributed by atoms with Gasteiger partial charge in [0.25, 0.3) is 5.91 Å².